The molecule has 0 fully saturated rings. The Balaban J connectivity index is 1.30. The molecule has 0 atom stereocenters. The number of carbonyl (C=O) groups excluding carboxylic acids is 2. The van der Waals surface area contributed by atoms with E-state index < -0.39 is 0 Å². The molecule has 0 saturated heterocycles. The average Bonchev–Trinajstić information content (AvgIpc) is 3.34. The van der Waals surface area contributed by atoms with Gasteiger partial charge in [0.2, 0.25) is 5.91 Å². The lowest BCUT2D eigenvalue weighted by Crippen LogP contribution is -2.35. The molecule has 6 nitrogen and oxygen atoms in total. The van der Waals surface area contributed by atoms with Gasteiger partial charge in [0.05, 0.1) is 12.1 Å². The van der Waals surface area contributed by atoms with Gasteiger partial charge in [0, 0.05) is 41.5 Å². The molecule has 0 saturated carbocycles. The minimum atomic E-state index is -0.147. The van der Waals surface area contributed by atoms with Gasteiger partial charge in [-0.05, 0) is 12.1 Å². The SMILES string of the molecule is O=C(Cc1csc2nc(-c3ccccc3)cn12)NCCNC(=O)c1ccccc1. The number of hydrogen-bond donors (Lipinski definition) is 2. The van der Waals surface area contributed by atoms with Gasteiger partial charge >= 0.3 is 0 Å². The molecule has 2 aromatic heterocycles. The zero-order chi connectivity index (χ0) is 20.1. The number of nitrogens with zero attached hydrogens (tertiary/aromatic N) is 2. The fraction of sp³-hybridized carbons (Fsp3) is 0.136. The lowest BCUT2D eigenvalue weighted by atomic mass is 10.2. The van der Waals surface area contributed by atoms with Crippen molar-refractivity contribution >= 4 is 28.1 Å². The molecule has 4 aromatic rings. The van der Waals surface area contributed by atoms with E-state index in [4.69, 9.17) is 0 Å². The van der Waals surface area contributed by atoms with Crippen LogP contribution in [0.1, 0.15) is 16.1 Å². The molecule has 0 aliphatic carbocycles. The topological polar surface area (TPSA) is 75.5 Å². The molecule has 2 N–H and O–H groups in total. The summed E-state index contributed by atoms with van der Waals surface area (Å²) >= 11 is 1.52. The number of carbonyl (C=O) groups is 2. The molecular weight excluding hydrogens is 384 g/mol. The Hall–Kier alpha value is -3.45. The van der Waals surface area contributed by atoms with Crippen LogP contribution in [0.15, 0.2) is 72.2 Å². The van der Waals surface area contributed by atoms with E-state index in [1.165, 1.54) is 11.3 Å². The van der Waals surface area contributed by atoms with Gasteiger partial charge in [-0.1, -0.05) is 48.5 Å². The first-order chi connectivity index (χ1) is 14.2. The van der Waals surface area contributed by atoms with E-state index in [1.54, 1.807) is 12.1 Å². The van der Waals surface area contributed by atoms with Crippen molar-refractivity contribution in [2.75, 3.05) is 13.1 Å². The number of aromatic nitrogens is 2. The summed E-state index contributed by atoms with van der Waals surface area (Å²) in [5, 5.41) is 7.60. The summed E-state index contributed by atoms with van der Waals surface area (Å²) in [6.45, 7) is 0.756. The van der Waals surface area contributed by atoms with Crippen LogP contribution >= 0.6 is 11.3 Å². The molecule has 2 heterocycles. The molecule has 4 rings (SSSR count). The monoisotopic (exact) mass is 404 g/mol. The maximum absolute atomic E-state index is 12.3. The third-order valence-electron chi connectivity index (χ3n) is 4.46. The minimum Gasteiger partial charge on any atom is -0.354 e. The van der Waals surface area contributed by atoms with E-state index in [0.29, 0.717) is 18.7 Å². The fourth-order valence-corrected chi connectivity index (χ4v) is 3.87. The van der Waals surface area contributed by atoms with Crippen molar-refractivity contribution in [3.05, 3.63) is 83.5 Å². The molecule has 0 radical (unpaired) electrons. The highest BCUT2D eigenvalue weighted by Gasteiger charge is 2.12. The summed E-state index contributed by atoms with van der Waals surface area (Å²) in [6, 6.07) is 19.0. The van der Waals surface area contributed by atoms with Crippen LogP contribution in [-0.2, 0) is 11.2 Å². The van der Waals surface area contributed by atoms with Crippen LogP contribution in [0.25, 0.3) is 16.2 Å². The Kier molecular flexibility index (Phi) is 5.67. The van der Waals surface area contributed by atoms with Gasteiger partial charge in [-0.15, -0.1) is 11.3 Å². The average molecular weight is 404 g/mol. The number of imidazole rings is 1. The fourth-order valence-electron chi connectivity index (χ4n) is 3.00. The second-order valence-corrected chi connectivity index (χ2v) is 7.36. The highest BCUT2D eigenvalue weighted by Crippen LogP contribution is 2.23. The summed E-state index contributed by atoms with van der Waals surface area (Å²) in [6.07, 6.45) is 2.22. The second kappa shape index (κ2) is 8.70. The molecule has 2 amide bonds. The van der Waals surface area contributed by atoms with Crippen LogP contribution < -0.4 is 10.6 Å². The normalized spacial score (nSPS) is 10.8. The lowest BCUT2D eigenvalue weighted by Gasteiger charge is -2.07. The Labute approximate surface area is 172 Å². The van der Waals surface area contributed by atoms with Crippen LogP contribution in [0.2, 0.25) is 0 Å². The van der Waals surface area contributed by atoms with Gasteiger partial charge < -0.3 is 10.6 Å². The van der Waals surface area contributed by atoms with E-state index in [2.05, 4.69) is 15.6 Å². The summed E-state index contributed by atoms with van der Waals surface area (Å²) in [5.74, 6) is -0.236. The zero-order valence-corrected chi connectivity index (χ0v) is 16.5. The third-order valence-corrected chi connectivity index (χ3v) is 5.35. The molecule has 0 unspecified atom stereocenters. The summed E-state index contributed by atoms with van der Waals surface area (Å²) in [4.78, 5) is 29.8. The zero-order valence-electron chi connectivity index (χ0n) is 15.7. The summed E-state index contributed by atoms with van der Waals surface area (Å²) in [5.41, 5.74) is 3.44. The number of fused-ring (bicyclic) bond motifs is 1. The Morgan fingerprint density at radius 1 is 0.931 bits per heavy atom. The van der Waals surface area contributed by atoms with Crippen LogP contribution in [0.3, 0.4) is 0 Å². The largest absolute Gasteiger partial charge is 0.354 e. The highest BCUT2D eigenvalue weighted by atomic mass is 32.1. The third kappa shape index (κ3) is 4.52. The molecule has 2 aromatic carbocycles. The standard InChI is InChI=1S/C22H20N4O2S/c27-20(23-11-12-24-21(28)17-9-5-2-6-10-17)13-18-15-29-22-25-19(14-26(18)22)16-7-3-1-4-8-16/h1-10,14-15H,11-13H2,(H,23,27)(H,24,28). The first-order valence-corrected chi connectivity index (χ1v) is 10.2. The molecule has 0 bridgehead atoms. The Morgan fingerprint density at radius 3 is 2.38 bits per heavy atom. The van der Waals surface area contributed by atoms with Crippen LogP contribution in [-0.4, -0.2) is 34.3 Å². The van der Waals surface area contributed by atoms with Crippen LogP contribution in [0, 0.1) is 0 Å². The van der Waals surface area contributed by atoms with Gasteiger partial charge in [0.25, 0.3) is 5.91 Å². The maximum Gasteiger partial charge on any atom is 0.251 e. The molecule has 146 valence electrons. The van der Waals surface area contributed by atoms with E-state index in [9.17, 15) is 9.59 Å². The van der Waals surface area contributed by atoms with Crippen molar-refractivity contribution in [3.63, 3.8) is 0 Å². The van der Waals surface area contributed by atoms with Crippen LogP contribution in [0.4, 0.5) is 0 Å². The van der Waals surface area contributed by atoms with Crippen molar-refractivity contribution in [1.82, 2.24) is 20.0 Å². The molecule has 29 heavy (non-hydrogen) atoms. The first kappa shape index (κ1) is 18.9. The lowest BCUT2D eigenvalue weighted by molar-refractivity contribution is -0.120. The van der Waals surface area contributed by atoms with Gasteiger partial charge in [-0.2, -0.15) is 0 Å². The molecule has 0 aliphatic heterocycles. The summed E-state index contributed by atoms with van der Waals surface area (Å²) < 4.78 is 1.96. The number of rotatable bonds is 7. The Bertz CT molecular complexity index is 1120. The molecular formula is C22H20N4O2S. The summed E-state index contributed by atoms with van der Waals surface area (Å²) in [7, 11) is 0. The predicted octanol–water partition coefficient (Wildman–Crippen LogP) is 3.15. The highest BCUT2D eigenvalue weighted by molar-refractivity contribution is 7.15. The molecule has 0 aliphatic rings. The van der Waals surface area contributed by atoms with Gasteiger partial charge in [0.1, 0.15) is 0 Å². The van der Waals surface area contributed by atoms with Crippen LogP contribution in [0.5, 0.6) is 0 Å². The van der Waals surface area contributed by atoms with Crippen molar-refractivity contribution in [1.29, 1.82) is 0 Å². The van der Waals surface area contributed by atoms with Gasteiger partial charge in [-0.3, -0.25) is 14.0 Å². The molecule has 7 heteroatoms. The maximum atomic E-state index is 12.3. The van der Waals surface area contributed by atoms with Gasteiger partial charge in [-0.25, -0.2) is 4.98 Å². The van der Waals surface area contributed by atoms with Crippen molar-refractivity contribution in [2.24, 2.45) is 0 Å². The minimum absolute atomic E-state index is 0.0892. The second-order valence-electron chi connectivity index (χ2n) is 6.52. The number of hydrogen-bond acceptors (Lipinski definition) is 4. The number of thiazole rings is 1. The van der Waals surface area contributed by atoms with Crippen molar-refractivity contribution in [3.8, 4) is 11.3 Å². The smallest absolute Gasteiger partial charge is 0.251 e. The van der Waals surface area contributed by atoms with E-state index in [0.717, 1.165) is 21.9 Å². The van der Waals surface area contributed by atoms with Gasteiger partial charge in [0.15, 0.2) is 4.96 Å². The van der Waals surface area contributed by atoms with E-state index in [1.807, 2.05) is 64.5 Å². The number of benzene rings is 2. The quantitative estimate of drug-likeness (QED) is 0.465. The molecule has 0 spiro atoms. The number of amides is 2. The van der Waals surface area contributed by atoms with Crippen molar-refractivity contribution in [2.45, 2.75) is 6.42 Å². The van der Waals surface area contributed by atoms with E-state index >= 15 is 0 Å². The van der Waals surface area contributed by atoms with Crippen molar-refractivity contribution < 1.29 is 9.59 Å². The first-order valence-electron chi connectivity index (χ1n) is 9.31. The van der Waals surface area contributed by atoms with E-state index in [-0.39, 0.29) is 18.2 Å². The number of nitrogens with one attached hydrogen (secondary N) is 2. The predicted molar refractivity (Wildman–Crippen MR) is 114 cm³/mol. The Morgan fingerprint density at radius 2 is 1.62 bits per heavy atom.